The van der Waals surface area contributed by atoms with Crippen LogP contribution in [0.5, 0.6) is 0 Å². The van der Waals surface area contributed by atoms with Gasteiger partial charge in [-0.15, -0.1) is 0 Å². The van der Waals surface area contributed by atoms with Crippen LogP contribution in [-0.2, 0) is 6.54 Å². The molecule has 0 saturated heterocycles. The van der Waals surface area contributed by atoms with E-state index in [0.29, 0.717) is 11.8 Å². The van der Waals surface area contributed by atoms with Gasteiger partial charge in [-0.2, -0.15) is 0 Å². The summed E-state index contributed by atoms with van der Waals surface area (Å²) in [5.74, 6) is 1.90. The largest absolute Gasteiger partial charge is 0.340 e. The number of fused-ring (bicyclic) bond motifs is 3. The van der Waals surface area contributed by atoms with Crippen LogP contribution in [0.2, 0.25) is 0 Å². The summed E-state index contributed by atoms with van der Waals surface area (Å²) in [6.45, 7) is 15.1. The molecule has 0 amide bonds. The molecule has 0 aliphatic carbocycles. The first-order valence-electron chi connectivity index (χ1n) is 14.5. The SMILES string of the molecule is CCCCCCCC(CCCCCC)Cn1c2cc(C(C)C)ccc2c2ccc(C(C)C)cc21. The maximum atomic E-state index is 2.71. The summed E-state index contributed by atoms with van der Waals surface area (Å²) in [6, 6.07) is 14.5. The fraction of sp³-hybridized carbons (Fsp3) is 0.636. The van der Waals surface area contributed by atoms with Crippen molar-refractivity contribution in [2.45, 2.75) is 131 Å². The van der Waals surface area contributed by atoms with Gasteiger partial charge in [0.25, 0.3) is 0 Å². The quantitative estimate of drug-likeness (QED) is 0.198. The average molecular weight is 462 g/mol. The normalized spacial score (nSPS) is 13.1. The van der Waals surface area contributed by atoms with E-state index in [1.165, 1.54) is 110 Å². The van der Waals surface area contributed by atoms with Crippen LogP contribution in [0.1, 0.15) is 135 Å². The van der Waals surface area contributed by atoms with Crippen LogP contribution < -0.4 is 0 Å². The molecule has 1 nitrogen and oxygen atoms in total. The molecule has 0 aliphatic rings. The van der Waals surface area contributed by atoms with Crippen molar-refractivity contribution in [2.24, 2.45) is 5.92 Å². The van der Waals surface area contributed by atoms with Crippen LogP contribution >= 0.6 is 0 Å². The van der Waals surface area contributed by atoms with Crippen molar-refractivity contribution in [1.82, 2.24) is 4.57 Å². The molecule has 0 saturated carbocycles. The Morgan fingerprint density at radius 3 is 1.47 bits per heavy atom. The predicted octanol–water partition coefficient (Wildman–Crippen LogP) is 11.0. The molecular weight excluding hydrogens is 410 g/mol. The Hall–Kier alpha value is -1.76. The van der Waals surface area contributed by atoms with Crippen LogP contribution in [0.15, 0.2) is 36.4 Å². The first-order valence-corrected chi connectivity index (χ1v) is 14.5. The Kier molecular flexibility index (Phi) is 10.5. The third-order valence-corrected chi connectivity index (χ3v) is 7.87. The van der Waals surface area contributed by atoms with Crippen molar-refractivity contribution in [2.75, 3.05) is 0 Å². The summed E-state index contributed by atoms with van der Waals surface area (Å²) in [5.41, 5.74) is 5.82. The van der Waals surface area contributed by atoms with E-state index in [2.05, 4.69) is 82.5 Å². The average Bonchev–Trinajstić information content (AvgIpc) is 3.13. The highest BCUT2D eigenvalue weighted by atomic mass is 15.0. The van der Waals surface area contributed by atoms with Crippen LogP contribution in [0, 0.1) is 5.92 Å². The highest BCUT2D eigenvalue weighted by Gasteiger charge is 2.17. The van der Waals surface area contributed by atoms with Gasteiger partial charge >= 0.3 is 0 Å². The molecular formula is C33H51N. The van der Waals surface area contributed by atoms with Crippen molar-refractivity contribution < 1.29 is 0 Å². The summed E-state index contributed by atoms with van der Waals surface area (Å²) < 4.78 is 2.71. The van der Waals surface area contributed by atoms with E-state index in [-0.39, 0.29) is 0 Å². The zero-order valence-corrected chi connectivity index (χ0v) is 23.1. The zero-order chi connectivity index (χ0) is 24.5. The summed E-state index contributed by atoms with van der Waals surface area (Å²) in [7, 11) is 0. The summed E-state index contributed by atoms with van der Waals surface area (Å²) >= 11 is 0. The van der Waals surface area contributed by atoms with E-state index < -0.39 is 0 Å². The molecule has 1 heteroatoms. The lowest BCUT2D eigenvalue weighted by Crippen LogP contribution is -2.11. The standard InChI is InChI=1S/C33H51N/c1-7-9-11-13-15-17-27(16-14-12-10-8-2)24-34-32-22-28(25(3)4)18-20-30(32)31-21-19-29(26(5)6)23-33(31)34/h18-23,25-27H,7-17,24H2,1-6H3. The fourth-order valence-corrected chi connectivity index (χ4v) is 5.53. The van der Waals surface area contributed by atoms with Crippen LogP contribution in [0.25, 0.3) is 21.8 Å². The van der Waals surface area contributed by atoms with Crippen LogP contribution in [-0.4, -0.2) is 4.57 Å². The fourth-order valence-electron chi connectivity index (χ4n) is 5.53. The molecule has 0 fully saturated rings. The number of unbranched alkanes of at least 4 members (excludes halogenated alkanes) is 7. The number of benzene rings is 2. The van der Waals surface area contributed by atoms with Crippen molar-refractivity contribution in [1.29, 1.82) is 0 Å². The first-order chi connectivity index (χ1) is 16.5. The first kappa shape index (κ1) is 26.8. The van der Waals surface area contributed by atoms with Gasteiger partial charge in [-0.25, -0.2) is 0 Å². The second kappa shape index (κ2) is 13.4. The Balaban J connectivity index is 1.96. The number of nitrogens with zero attached hydrogens (tertiary/aromatic N) is 1. The maximum absolute atomic E-state index is 2.71. The lowest BCUT2D eigenvalue weighted by Gasteiger charge is -2.20. The molecule has 1 aromatic heterocycles. The molecule has 3 aromatic rings. The van der Waals surface area contributed by atoms with Gasteiger partial charge in [0.2, 0.25) is 0 Å². The zero-order valence-electron chi connectivity index (χ0n) is 23.1. The van der Waals surface area contributed by atoms with E-state index in [1.807, 2.05) is 0 Å². The summed E-state index contributed by atoms with van der Waals surface area (Å²) in [5, 5.41) is 2.87. The van der Waals surface area contributed by atoms with Crippen LogP contribution in [0.3, 0.4) is 0 Å². The third-order valence-electron chi connectivity index (χ3n) is 7.87. The van der Waals surface area contributed by atoms with Gasteiger partial charge in [0.15, 0.2) is 0 Å². The van der Waals surface area contributed by atoms with Gasteiger partial charge in [0.1, 0.15) is 0 Å². The molecule has 1 heterocycles. The minimum Gasteiger partial charge on any atom is -0.340 e. The van der Waals surface area contributed by atoms with Crippen molar-refractivity contribution in [3.8, 4) is 0 Å². The Labute approximate surface area is 210 Å². The minimum absolute atomic E-state index is 0.561. The van der Waals surface area contributed by atoms with E-state index in [1.54, 1.807) is 0 Å². The van der Waals surface area contributed by atoms with Crippen LogP contribution in [0.4, 0.5) is 0 Å². The highest BCUT2D eigenvalue weighted by molar-refractivity contribution is 6.08. The van der Waals surface area contributed by atoms with Crippen molar-refractivity contribution in [3.63, 3.8) is 0 Å². The molecule has 0 N–H and O–H groups in total. The monoisotopic (exact) mass is 461 g/mol. The molecule has 0 radical (unpaired) electrons. The molecule has 1 unspecified atom stereocenters. The van der Waals surface area contributed by atoms with Gasteiger partial charge in [-0.05, 0) is 53.9 Å². The smallest absolute Gasteiger partial charge is 0.0494 e. The Morgan fingerprint density at radius 2 is 1.03 bits per heavy atom. The highest BCUT2D eigenvalue weighted by Crippen LogP contribution is 2.35. The van der Waals surface area contributed by atoms with E-state index >= 15 is 0 Å². The number of hydrogen-bond donors (Lipinski definition) is 0. The lowest BCUT2D eigenvalue weighted by molar-refractivity contribution is 0.365. The number of rotatable bonds is 15. The Bertz CT molecular complexity index is 941. The van der Waals surface area contributed by atoms with E-state index in [0.717, 1.165) is 5.92 Å². The summed E-state index contributed by atoms with van der Waals surface area (Å²) in [4.78, 5) is 0. The second-order valence-corrected chi connectivity index (χ2v) is 11.4. The van der Waals surface area contributed by atoms with Gasteiger partial charge < -0.3 is 4.57 Å². The number of aromatic nitrogens is 1. The number of hydrogen-bond acceptors (Lipinski definition) is 0. The van der Waals surface area contributed by atoms with Gasteiger partial charge in [0.05, 0.1) is 0 Å². The third kappa shape index (κ3) is 6.89. The van der Waals surface area contributed by atoms with Gasteiger partial charge in [-0.3, -0.25) is 0 Å². The van der Waals surface area contributed by atoms with E-state index in [9.17, 15) is 0 Å². The molecule has 2 aromatic carbocycles. The van der Waals surface area contributed by atoms with Gasteiger partial charge in [-0.1, -0.05) is 124 Å². The molecule has 3 rings (SSSR count). The minimum atomic E-state index is 0.561. The molecule has 34 heavy (non-hydrogen) atoms. The second-order valence-electron chi connectivity index (χ2n) is 11.4. The predicted molar refractivity (Wildman–Crippen MR) is 153 cm³/mol. The molecule has 0 bridgehead atoms. The van der Waals surface area contributed by atoms with Gasteiger partial charge in [0, 0.05) is 28.4 Å². The lowest BCUT2D eigenvalue weighted by atomic mass is 9.94. The van der Waals surface area contributed by atoms with Crippen molar-refractivity contribution in [3.05, 3.63) is 47.5 Å². The van der Waals surface area contributed by atoms with Crippen molar-refractivity contribution >= 4 is 21.8 Å². The Morgan fingerprint density at radius 1 is 0.588 bits per heavy atom. The van der Waals surface area contributed by atoms with E-state index in [4.69, 9.17) is 0 Å². The topological polar surface area (TPSA) is 4.93 Å². The molecule has 0 spiro atoms. The molecule has 188 valence electrons. The molecule has 1 atom stereocenters. The molecule has 0 aliphatic heterocycles. The maximum Gasteiger partial charge on any atom is 0.0494 e. The summed E-state index contributed by atoms with van der Waals surface area (Å²) in [6.07, 6.45) is 15.2.